The van der Waals surface area contributed by atoms with E-state index >= 15 is 0 Å². The van der Waals surface area contributed by atoms with Crippen molar-refractivity contribution in [3.63, 3.8) is 0 Å². The van der Waals surface area contributed by atoms with Crippen molar-refractivity contribution in [2.75, 3.05) is 18.0 Å². The molecule has 0 saturated carbocycles. The first-order valence-corrected chi connectivity index (χ1v) is 7.83. The summed E-state index contributed by atoms with van der Waals surface area (Å²) in [4.78, 5) is 34.3. The lowest BCUT2D eigenvalue weighted by atomic mass is 10.1. The number of pyridine rings is 1. The molecule has 1 aliphatic heterocycles. The second-order valence-electron chi connectivity index (χ2n) is 5.74. The average Bonchev–Trinajstić information content (AvgIpc) is 3.13. The van der Waals surface area contributed by atoms with Crippen LogP contribution in [0, 0.1) is 0 Å². The van der Waals surface area contributed by atoms with Crippen LogP contribution in [0.15, 0.2) is 53.8 Å². The predicted molar refractivity (Wildman–Crippen MR) is 89.7 cm³/mol. The minimum Gasteiger partial charge on any atom is -0.340 e. The quantitative estimate of drug-likeness (QED) is 0.789. The van der Waals surface area contributed by atoms with E-state index in [-0.39, 0.29) is 11.5 Å². The third kappa shape index (κ3) is 2.88. The molecule has 0 spiro atoms. The molecule has 0 bridgehead atoms. The summed E-state index contributed by atoms with van der Waals surface area (Å²) < 4.78 is 0. The number of nitrogens with one attached hydrogen (secondary N) is 1. The molecule has 1 N–H and O–H groups in total. The van der Waals surface area contributed by atoms with E-state index in [0.29, 0.717) is 17.5 Å². The number of hydrogen-bond donors (Lipinski definition) is 1. The largest absolute Gasteiger partial charge is 0.340 e. The van der Waals surface area contributed by atoms with Gasteiger partial charge in [0.05, 0.1) is 5.69 Å². The van der Waals surface area contributed by atoms with Crippen LogP contribution in [0.2, 0.25) is 0 Å². The van der Waals surface area contributed by atoms with Crippen LogP contribution in [0.1, 0.15) is 18.2 Å². The monoisotopic (exact) mass is 320 g/mol. The summed E-state index contributed by atoms with van der Waals surface area (Å²) in [5, 5.41) is 0. The first-order valence-electron chi connectivity index (χ1n) is 7.83. The molecule has 3 aromatic rings. The van der Waals surface area contributed by atoms with Crippen molar-refractivity contribution < 1.29 is 0 Å². The average molecular weight is 320 g/mol. The predicted octanol–water partition coefficient (Wildman–Crippen LogP) is 1.62. The van der Waals surface area contributed by atoms with Crippen molar-refractivity contribution in [3.8, 4) is 11.3 Å². The summed E-state index contributed by atoms with van der Waals surface area (Å²) in [6, 6.07) is 7.04. The van der Waals surface area contributed by atoms with Gasteiger partial charge in [0.1, 0.15) is 5.82 Å². The van der Waals surface area contributed by atoms with Crippen molar-refractivity contribution in [1.82, 2.24) is 24.9 Å². The van der Waals surface area contributed by atoms with E-state index in [1.807, 2.05) is 12.1 Å². The van der Waals surface area contributed by atoms with Crippen molar-refractivity contribution in [2.45, 2.75) is 12.3 Å². The first-order chi connectivity index (χ1) is 11.8. The van der Waals surface area contributed by atoms with Gasteiger partial charge in [-0.25, -0.2) is 15.0 Å². The summed E-state index contributed by atoms with van der Waals surface area (Å²) in [5.41, 5.74) is 1.34. The van der Waals surface area contributed by atoms with Gasteiger partial charge in [-0.15, -0.1) is 0 Å². The van der Waals surface area contributed by atoms with E-state index < -0.39 is 0 Å². The third-order valence-electron chi connectivity index (χ3n) is 4.13. The summed E-state index contributed by atoms with van der Waals surface area (Å²) in [6.07, 6.45) is 7.78. The molecule has 0 aliphatic carbocycles. The van der Waals surface area contributed by atoms with Crippen LogP contribution in [0.4, 0.5) is 5.95 Å². The Morgan fingerprint density at radius 3 is 2.83 bits per heavy atom. The summed E-state index contributed by atoms with van der Waals surface area (Å²) >= 11 is 0. The topological polar surface area (TPSA) is 87.7 Å². The van der Waals surface area contributed by atoms with Crippen LogP contribution in [-0.2, 0) is 0 Å². The molecule has 120 valence electrons. The van der Waals surface area contributed by atoms with Gasteiger partial charge in [-0.3, -0.25) is 9.78 Å². The van der Waals surface area contributed by atoms with Crippen LogP contribution >= 0.6 is 0 Å². The maximum atomic E-state index is 12.0. The fraction of sp³-hybridized carbons (Fsp3) is 0.235. The molecule has 4 rings (SSSR count). The molecule has 1 saturated heterocycles. The van der Waals surface area contributed by atoms with E-state index in [2.05, 4.69) is 29.8 Å². The number of aromatic amines is 1. The number of nitrogens with zero attached hydrogens (tertiary/aromatic N) is 5. The lowest BCUT2D eigenvalue weighted by molar-refractivity contribution is 0.704. The van der Waals surface area contributed by atoms with Gasteiger partial charge in [0, 0.05) is 55.4 Å². The Morgan fingerprint density at radius 1 is 1.17 bits per heavy atom. The zero-order chi connectivity index (χ0) is 16.4. The zero-order valence-corrected chi connectivity index (χ0v) is 13.0. The van der Waals surface area contributed by atoms with E-state index in [4.69, 9.17) is 0 Å². The fourth-order valence-corrected chi connectivity index (χ4v) is 2.95. The van der Waals surface area contributed by atoms with Crippen LogP contribution < -0.4 is 10.5 Å². The number of H-pyrrole nitrogens is 1. The fourth-order valence-electron chi connectivity index (χ4n) is 2.95. The number of anilines is 1. The number of rotatable bonds is 3. The van der Waals surface area contributed by atoms with Crippen molar-refractivity contribution >= 4 is 5.95 Å². The van der Waals surface area contributed by atoms with Gasteiger partial charge >= 0.3 is 0 Å². The van der Waals surface area contributed by atoms with Crippen LogP contribution in [0.5, 0.6) is 0 Å². The molecule has 1 aliphatic rings. The molecular weight excluding hydrogens is 304 g/mol. The molecule has 1 fully saturated rings. The lowest BCUT2D eigenvalue weighted by Gasteiger charge is -2.15. The van der Waals surface area contributed by atoms with E-state index in [9.17, 15) is 4.79 Å². The summed E-state index contributed by atoms with van der Waals surface area (Å²) in [5.74, 6) is 1.57. The van der Waals surface area contributed by atoms with E-state index in [0.717, 1.165) is 25.1 Å². The molecule has 0 unspecified atom stereocenters. The number of hydrogen-bond acceptors (Lipinski definition) is 6. The minimum absolute atomic E-state index is 0.145. The molecule has 24 heavy (non-hydrogen) atoms. The maximum absolute atomic E-state index is 12.0. The molecule has 7 heteroatoms. The standard InChI is InChI=1S/C17H16N6O/c24-15-9-14(12-3-1-5-18-10-12)21-16(22-15)13-4-8-23(11-13)17-19-6-2-7-20-17/h1-3,5-7,9-10,13H,4,8,11H2,(H,21,22,24)/t13-/m0/s1. The molecule has 0 aromatic carbocycles. The first kappa shape index (κ1) is 14.5. The smallest absolute Gasteiger partial charge is 0.251 e. The Bertz CT molecular complexity index is 880. The maximum Gasteiger partial charge on any atom is 0.251 e. The van der Waals surface area contributed by atoms with Gasteiger partial charge in [-0.2, -0.15) is 0 Å². The highest BCUT2D eigenvalue weighted by atomic mass is 16.1. The Morgan fingerprint density at radius 2 is 2.04 bits per heavy atom. The molecular formula is C17H16N6O. The highest BCUT2D eigenvalue weighted by Gasteiger charge is 2.27. The molecule has 0 amide bonds. The summed E-state index contributed by atoms with van der Waals surface area (Å²) in [6.45, 7) is 1.58. The third-order valence-corrected chi connectivity index (χ3v) is 4.13. The van der Waals surface area contributed by atoms with E-state index in [1.165, 1.54) is 6.07 Å². The molecule has 0 radical (unpaired) electrons. The lowest BCUT2D eigenvalue weighted by Crippen LogP contribution is -2.22. The second-order valence-corrected chi connectivity index (χ2v) is 5.74. The van der Waals surface area contributed by atoms with Crippen molar-refractivity contribution in [3.05, 3.63) is 65.2 Å². The SMILES string of the molecule is O=c1cc(-c2cccnc2)nc([C@H]2CCN(c3ncccn3)C2)[nH]1. The van der Waals surface area contributed by atoms with Gasteiger partial charge in [0.25, 0.3) is 5.56 Å². The van der Waals surface area contributed by atoms with Gasteiger partial charge in [-0.05, 0) is 24.6 Å². The molecule has 7 nitrogen and oxygen atoms in total. The van der Waals surface area contributed by atoms with Crippen molar-refractivity contribution in [2.24, 2.45) is 0 Å². The Hall–Kier alpha value is -3.09. The van der Waals surface area contributed by atoms with E-state index in [1.54, 1.807) is 30.9 Å². The normalized spacial score (nSPS) is 17.2. The zero-order valence-electron chi connectivity index (χ0n) is 13.0. The summed E-state index contributed by atoms with van der Waals surface area (Å²) in [7, 11) is 0. The Balaban J connectivity index is 1.61. The second kappa shape index (κ2) is 6.19. The van der Waals surface area contributed by atoms with Gasteiger partial charge in [0.15, 0.2) is 0 Å². The van der Waals surface area contributed by atoms with Gasteiger partial charge < -0.3 is 9.88 Å². The van der Waals surface area contributed by atoms with Gasteiger partial charge in [0.2, 0.25) is 5.95 Å². The van der Waals surface area contributed by atoms with Crippen molar-refractivity contribution in [1.29, 1.82) is 0 Å². The Labute approximate surface area is 138 Å². The Kier molecular flexibility index (Phi) is 3.74. The molecule has 4 heterocycles. The van der Waals surface area contributed by atoms with Crippen LogP contribution in [0.25, 0.3) is 11.3 Å². The molecule has 1 atom stereocenters. The minimum atomic E-state index is -0.145. The highest BCUT2D eigenvalue weighted by Crippen LogP contribution is 2.27. The van der Waals surface area contributed by atoms with Crippen LogP contribution in [0.3, 0.4) is 0 Å². The number of aromatic nitrogens is 5. The molecule has 3 aromatic heterocycles. The van der Waals surface area contributed by atoms with Crippen LogP contribution in [-0.4, -0.2) is 38.0 Å². The van der Waals surface area contributed by atoms with Gasteiger partial charge in [-0.1, -0.05) is 0 Å². The highest BCUT2D eigenvalue weighted by molar-refractivity contribution is 5.57.